The molecule has 0 bridgehead atoms. The van der Waals surface area contributed by atoms with Crippen molar-refractivity contribution in [1.29, 1.82) is 0 Å². The molecule has 1 aromatic rings. The molecule has 1 aliphatic carbocycles. The molecule has 6 heteroatoms. The van der Waals surface area contributed by atoms with Crippen LogP contribution >= 0.6 is 0 Å². The van der Waals surface area contributed by atoms with Crippen molar-refractivity contribution in [3.63, 3.8) is 0 Å². The zero-order chi connectivity index (χ0) is 22.5. The zero-order valence-corrected chi connectivity index (χ0v) is 19.2. The number of halogens is 1. The van der Waals surface area contributed by atoms with E-state index in [1.807, 2.05) is 4.90 Å². The van der Waals surface area contributed by atoms with Gasteiger partial charge in [-0.15, -0.1) is 0 Å². The molecular formula is C25H36FN3O2. The van der Waals surface area contributed by atoms with E-state index in [1.54, 1.807) is 0 Å². The van der Waals surface area contributed by atoms with Gasteiger partial charge in [0.1, 0.15) is 5.82 Å². The van der Waals surface area contributed by atoms with Crippen LogP contribution < -0.4 is 5.32 Å². The maximum absolute atomic E-state index is 13.1. The summed E-state index contributed by atoms with van der Waals surface area (Å²) >= 11 is 0. The lowest BCUT2D eigenvalue weighted by molar-refractivity contribution is -0.133. The van der Waals surface area contributed by atoms with Crippen molar-refractivity contribution in [3.05, 3.63) is 47.3 Å². The van der Waals surface area contributed by atoms with Gasteiger partial charge in [0.05, 0.1) is 0 Å². The molecule has 1 saturated heterocycles. The predicted molar refractivity (Wildman–Crippen MR) is 121 cm³/mol. The van der Waals surface area contributed by atoms with Crippen molar-refractivity contribution in [2.24, 2.45) is 23.7 Å². The summed E-state index contributed by atoms with van der Waals surface area (Å²) in [5.74, 6) is 1.10. The number of likely N-dealkylation sites (N-methyl/N-ethyl adjacent to an activating group) is 1. The van der Waals surface area contributed by atoms with Crippen LogP contribution in [0.5, 0.6) is 0 Å². The molecular weight excluding hydrogens is 393 g/mol. The van der Waals surface area contributed by atoms with Gasteiger partial charge < -0.3 is 15.1 Å². The average Bonchev–Trinajstić information content (AvgIpc) is 2.74. The molecule has 0 saturated carbocycles. The number of amides is 2. The van der Waals surface area contributed by atoms with Gasteiger partial charge >= 0.3 is 0 Å². The first-order chi connectivity index (χ1) is 14.7. The normalized spacial score (nSPS) is 24.8. The lowest BCUT2D eigenvalue weighted by atomic mass is 9.69. The number of allylic oxidation sites excluding steroid dienone is 1. The molecule has 3 rings (SSSR count). The Labute approximate surface area is 185 Å². The summed E-state index contributed by atoms with van der Waals surface area (Å²) in [5.41, 5.74) is 1.72. The van der Waals surface area contributed by atoms with Gasteiger partial charge in [0.25, 0.3) is 5.91 Å². The molecule has 0 radical (unpaired) electrons. The van der Waals surface area contributed by atoms with E-state index in [0.29, 0.717) is 30.4 Å². The van der Waals surface area contributed by atoms with E-state index in [1.165, 1.54) is 29.8 Å². The average molecular weight is 430 g/mol. The molecule has 2 amide bonds. The van der Waals surface area contributed by atoms with Crippen LogP contribution in [0, 0.1) is 29.5 Å². The highest BCUT2D eigenvalue weighted by atomic mass is 19.1. The van der Waals surface area contributed by atoms with Gasteiger partial charge in [-0.1, -0.05) is 25.5 Å². The molecule has 5 nitrogen and oxygen atoms in total. The molecule has 1 aromatic carbocycles. The third kappa shape index (κ3) is 6.16. The van der Waals surface area contributed by atoms with Crippen LogP contribution in [0.2, 0.25) is 0 Å². The molecule has 1 N–H and O–H groups in total. The molecule has 1 fully saturated rings. The number of carbonyl (C=O) groups is 2. The van der Waals surface area contributed by atoms with Gasteiger partial charge in [-0.2, -0.15) is 0 Å². The highest BCUT2D eigenvalue weighted by Crippen LogP contribution is 2.39. The van der Waals surface area contributed by atoms with E-state index in [2.05, 4.69) is 44.1 Å². The highest BCUT2D eigenvalue weighted by Gasteiger charge is 2.33. The van der Waals surface area contributed by atoms with E-state index >= 15 is 0 Å². The van der Waals surface area contributed by atoms with Gasteiger partial charge in [0, 0.05) is 44.7 Å². The van der Waals surface area contributed by atoms with Gasteiger partial charge in [0.2, 0.25) is 5.91 Å². The molecule has 1 aliphatic heterocycles. The van der Waals surface area contributed by atoms with Crippen LogP contribution in [-0.2, 0) is 4.79 Å². The fourth-order valence-corrected chi connectivity index (χ4v) is 4.82. The van der Waals surface area contributed by atoms with E-state index < -0.39 is 0 Å². The van der Waals surface area contributed by atoms with E-state index in [4.69, 9.17) is 0 Å². The second-order valence-corrected chi connectivity index (χ2v) is 9.52. The number of hydrogen-bond acceptors (Lipinski definition) is 3. The fraction of sp³-hybridized carbons (Fsp3) is 0.600. The lowest BCUT2D eigenvalue weighted by Crippen LogP contribution is -2.47. The Morgan fingerprint density at radius 3 is 2.39 bits per heavy atom. The number of nitrogens with zero attached hydrogens (tertiary/aromatic N) is 2. The van der Waals surface area contributed by atoms with Gasteiger partial charge in [-0.25, -0.2) is 4.39 Å². The summed E-state index contributed by atoms with van der Waals surface area (Å²) in [4.78, 5) is 29.6. The Bertz CT molecular complexity index is 797. The minimum atomic E-state index is -0.348. The van der Waals surface area contributed by atoms with Crippen molar-refractivity contribution in [3.8, 4) is 0 Å². The van der Waals surface area contributed by atoms with Gasteiger partial charge in [0.15, 0.2) is 0 Å². The van der Waals surface area contributed by atoms with Gasteiger partial charge in [-0.3, -0.25) is 9.59 Å². The molecule has 31 heavy (non-hydrogen) atoms. The summed E-state index contributed by atoms with van der Waals surface area (Å²) in [6.07, 6.45) is 3.81. The fourth-order valence-electron chi connectivity index (χ4n) is 4.82. The minimum absolute atomic E-state index is 0.180. The first-order valence-electron chi connectivity index (χ1n) is 11.4. The molecule has 1 heterocycles. The number of nitrogens with one attached hydrogen (secondary N) is 1. The SMILES string of the molecule is CC1=CC(CNC(=O)c2ccc(F)cc2)C(C(C)C)CC1CC(=O)N1CCN(C)CC1. The summed E-state index contributed by atoms with van der Waals surface area (Å²) in [5, 5.41) is 3.02. The maximum atomic E-state index is 13.1. The Morgan fingerprint density at radius 2 is 1.77 bits per heavy atom. The Balaban J connectivity index is 1.61. The third-order valence-corrected chi connectivity index (χ3v) is 6.97. The molecule has 0 spiro atoms. The molecule has 0 aromatic heterocycles. The monoisotopic (exact) mass is 429 g/mol. The lowest BCUT2D eigenvalue weighted by Gasteiger charge is -2.38. The third-order valence-electron chi connectivity index (χ3n) is 6.97. The minimum Gasteiger partial charge on any atom is -0.351 e. The summed E-state index contributed by atoms with van der Waals surface area (Å²) in [7, 11) is 2.10. The largest absolute Gasteiger partial charge is 0.351 e. The second kappa shape index (κ2) is 10.4. The van der Waals surface area contributed by atoms with E-state index in [9.17, 15) is 14.0 Å². The van der Waals surface area contributed by atoms with Crippen molar-refractivity contribution in [2.45, 2.75) is 33.6 Å². The van der Waals surface area contributed by atoms with Crippen molar-refractivity contribution in [2.75, 3.05) is 39.8 Å². The highest BCUT2D eigenvalue weighted by molar-refractivity contribution is 5.94. The van der Waals surface area contributed by atoms with Gasteiger partial charge in [-0.05, 0) is 68.3 Å². The summed E-state index contributed by atoms with van der Waals surface area (Å²) < 4.78 is 13.1. The molecule has 170 valence electrons. The molecule has 3 atom stereocenters. The molecule has 2 aliphatic rings. The van der Waals surface area contributed by atoms with E-state index in [-0.39, 0.29) is 29.5 Å². The maximum Gasteiger partial charge on any atom is 0.251 e. The van der Waals surface area contributed by atoms with Crippen LogP contribution in [-0.4, -0.2) is 61.4 Å². The Morgan fingerprint density at radius 1 is 1.13 bits per heavy atom. The number of benzene rings is 1. The number of carbonyl (C=O) groups excluding carboxylic acids is 2. The number of hydrogen-bond donors (Lipinski definition) is 1. The Kier molecular flexibility index (Phi) is 7.87. The van der Waals surface area contributed by atoms with Crippen LogP contribution in [0.4, 0.5) is 4.39 Å². The predicted octanol–water partition coefficient (Wildman–Crippen LogP) is 3.57. The quantitative estimate of drug-likeness (QED) is 0.704. The first-order valence-corrected chi connectivity index (χ1v) is 11.4. The summed E-state index contributed by atoms with van der Waals surface area (Å²) in [6, 6.07) is 5.62. The van der Waals surface area contributed by atoms with E-state index in [0.717, 1.165) is 32.6 Å². The van der Waals surface area contributed by atoms with Crippen LogP contribution in [0.1, 0.15) is 44.0 Å². The number of rotatable bonds is 6. The number of piperazine rings is 1. The topological polar surface area (TPSA) is 52.7 Å². The van der Waals surface area contributed by atoms with Crippen molar-refractivity contribution < 1.29 is 14.0 Å². The van der Waals surface area contributed by atoms with Crippen LogP contribution in [0.25, 0.3) is 0 Å². The van der Waals surface area contributed by atoms with Crippen molar-refractivity contribution >= 4 is 11.8 Å². The van der Waals surface area contributed by atoms with Crippen molar-refractivity contribution in [1.82, 2.24) is 15.1 Å². The molecule has 3 unspecified atom stereocenters. The standard InChI is InChI=1S/C25H36FN3O2/c1-17(2)23-14-20(15-24(30)29-11-9-28(4)10-12-29)18(3)13-21(23)16-27-25(31)19-5-7-22(26)8-6-19/h5-8,13,17,20-21,23H,9-12,14-16H2,1-4H3,(H,27,31). The smallest absolute Gasteiger partial charge is 0.251 e. The summed E-state index contributed by atoms with van der Waals surface area (Å²) in [6.45, 7) is 10.6. The Hall–Kier alpha value is -2.21. The second-order valence-electron chi connectivity index (χ2n) is 9.52. The first kappa shape index (κ1) is 23.5. The zero-order valence-electron chi connectivity index (χ0n) is 19.2. The van der Waals surface area contributed by atoms with Crippen LogP contribution in [0.3, 0.4) is 0 Å². The van der Waals surface area contributed by atoms with Crippen LogP contribution in [0.15, 0.2) is 35.9 Å².